The topological polar surface area (TPSA) is 29.3 Å². The molecule has 0 aromatic rings. The molecule has 1 heterocycles. The number of piperidine rings is 1. The average Bonchev–Trinajstić information content (AvgIpc) is 2.03. The molecule has 0 aromatic carbocycles. The monoisotopic (exact) mass is 154 g/mol. The van der Waals surface area contributed by atoms with Crippen LogP contribution in [-0.4, -0.2) is 24.0 Å². The third-order valence-corrected chi connectivity index (χ3v) is 2.29. The van der Waals surface area contributed by atoms with E-state index in [9.17, 15) is 0 Å². The van der Waals surface area contributed by atoms with Gasteiger partial charge in [-0.05, 0) is 32.4 Å². The smallest absolute Gasteiger partial charge is 0.0256 e. The molecule has 2 nitrogen and oxygen atoms in total. The van der Waals surface area contributed by atoms with Crippen LogP contribution in [-0.2, 0) is 0 Å². The minimum Gasteiger partial charge on any atom is -0.375 e. The highest BCUT2D eigenvalue weighted by molar-refractivity contribution is 4.87. The predicted molar refractivity (Wildman–Crippen MR) is 48.2 cm³/mol. The molecule has 1 aliphatic rings. The molecule has 2 heteroatoms. The Labute approximate surface area is 69.1 Å². The van der Waals surface area contributed by atoms with Crippen molar-refractivity contribution in [2.24, 2.45) is 5.73 Å². The van der Waals surface area contributed by atoms with Crippen molar-refractivity contribution >= 4 is 0 Å². The van der Waals surface area contributed by atoms with Gasteiger partial charge in [0.05, 0.1) is 0 Å². The molecular weight excluding hydrogens is 136 g/mol. The minimum absolute atomic E-state index is 0.656. The zero-order valence-corrected chi connectivity index (χ0v) is 7.29. The van der Waals surface area contributed by atoms with E-state index in [0.29, 0.717) is 12.6 Å². The number of rotatable bonds is 2. The second kappa shape index (κ2) is 4.39. The molecule has 0 aliphatic carbocycles. The highest BCUT2D eigenvalue weighted by atomic mass is 15.1. The summed E-state index contributed by atoms with van der Waals surface area (Å²) in [7, 11) is 0. The Bertz CT molecular complexity index is 132. The molecule has 64 valence electrons. The Morgan fingerprint density at radius 1 is 1.55 bits per heavy atom. The van der Waals surface area contributed by atoms with E-state index in [2.05, 4.69) is 18.0 Å². The minimum atomic E-state index is 0.656. The number of likely N-dealkylation sites (tertiary alicyclic amines) is 1. The Balaban J connectivity index is 2.35. The van der Waals surface area contributed by atoms with Gasteiger partial charge >= 0.3 is 0 Å². The van der Waals surface area contributed by atoms with Crippen LogP contribution in [0.3, 0.4) is 0 Å². The maximum atomic E-state index is 5.38. The van der Waals surface area contributed by atoms with E-state index in [1.165, 1.54) is 25.8 Å². The second-order valence-electron chi connectivity index (χ2n) is 3.20. The molecule has 1 atom stereocenters. The Kier molecular flexibility index (Phi) is 3.43. The SMILES string of the molecule is CC1CCCCN1/C=C\CN. The summed E-state index contributed by atoms with van der Waals surface area (Å²) >= 11 is 0. The Hall–Kier alpha value is -0.500. The van der Waals surface area contributed by atoms with Gasteiger partial charge in [0.15, 0.2) is 0 Å². The van der Waals surface area contributed by atoms with E-state index in [1.807, 2.05) is 6.08 Å². The summed E-state index contributed by atoms with van der Waals surface area (Å²) in [5.74, 6) is 0. The predicted octanol–water partition coefficient (Wildman–Crippen LogP) is 1.33. The van der Waals surface area contributed by atoms with Gasteiger partial charge in [-0.15, -0.1) is 0 Å². The number of hydrogen-bond acceptors (Lipinski definition) is 2. The van der Waals surface area contributed by atoms with Gasteiger partial charge in [0.2, 0.25) is 0 Å². The van der Waals surface area contributed by atoms with E-state index in [0.717, 1.165) is 0 Å². The van der Waals surface area contributed by atoms with Crippen LogP contribution in [0.5, 0.6) is 0 Å². The summed E-state index contributed by atoms with van der Waals surface area (Å²) in [5, 5.41) is 0. The van der Waals surface area contributed by atoms with Crippen molar-refractivity contribution in [3.63, 3.8) is 0 Å². The molecule has 0 radical (unpaired) electrons. The van der Waals surface area contributed by atoms with E-state index >= 15 is 0 Å². The molecule has 1 saturated heterocycles. The van der Waals surface area contributed by atoms with Crippen LogP contribution in [0.2, 0.25) is 0 Å². The molecule has 11 heavy (non-hydrogen) atoms. The molecule has 0 amide bonds. The molecule has 2 N–H and O–H groups in total. The normalized spacial score (nSPS) is 26.4. The summed E-state index contributed by atoms with van der Waals surface area (Å²) in [6, 6.07) is 0.714. The zero-order chi connectivity index (χ0) is 8.10. The summed E-state index contributed by atoms with van der Waals surface area (Å²) in [6.07, 6.45) is 8.22. The van der Waals surface area contributed by atoms with E-state index in [-0.39, 0.29) is 0 Å². The van der Waals surface area contributed by atoms with E-state index in [1.54, 1.807) is 0 Å². The van der Waals surface area contributed by atoms with Crippen LogP contribution in [0.15, 0.2) is 12.3 Å². The Morgan fingerprint density at radius 3 is 3.00 bits per heavy atom. The number of nitrogens with two attached hydrogens (primary N) is 1. The average molecular weight is 154 g/mol. The Morgan fingerprint density at radius 2 is 2.36 bits per heavy atom. The quantitative estimate of drug-likeness (QED) is 0.650. The highest BCUT2D eigenvalue weighted by Crippen LogP contribution is 2.15. The first-order valence-electron chi connectivity index (χ1n) is 4.47. The fraction of sp³-hybridized carbons (Fsp3) is 0.778. The van der Waals surface area contributed by atoms with Crippen LogP contribution < -0.4 is 5.73 Å². The van der Waals surface area contributed by atoms with Gasteiger partial charge < -0.3 is 10.6 Å². The van der Waals surface area contributed by atoms with Crippen LogP contribution in [0, 0.1) is 0 Å². The lowest BCUT2D eigenvalue weighted by molar-refractivity contribution is 0.228. The first-order valence-corrected chi connectivity index (χ1v) is 4.47. The van der Waals surface area contributed by atoms with Crippen molar-refractivity contribution in [1.29, 1.82) is 0 Å². The van der Waals surface area contributed by atoms with Gasteiger partial charge in [0.1, 0.15) is 0 Å². The molecule has 0 saturated carbocycles. The van der Waals surface area contributed by atoms with Gasteiger partial charge in [-0.3, -0.25) is 0 Å². The molecule has 0 spiro atoms. The van der Waals surface area contributed by atoms with Crippen LogP contribution >= 0.6 is 0 Å². The molecule has 0 aromatic heterocycles. The van der Waals surface area contributed by atoms with Crippen molar-refractivity contribution in [1.82, 2.24) is 4.90 Å². The third-order valence-electron chi connectivity index (χ3n) is 2.29. The fourth-order valence-electron chi connectivity index (χ4n) is 1.54. The van der Waals surface area contributed by atoms with Crippen molar-refractivity contribution in [2.75, 3.05) is 13.1 Å². The first-order chi connectivity index (χ1) is 5.34. The number of nitrogens with zero attached hydrogens (tertiary/aromatic N) is 1. The molecule has 0 bridgehead atoms. The van der Waals surface area contributed by atoms with E-state index < -0.39 is 0 Å². The fourth-order valence-corrected chi connectivity index (χ4v) is 1.54. The van der Waals surface area contributed by atoms with Crippen molar-refractivity contribution in [3.05, 3.63) is 12.3 Å². The van der Waals surface area contributed by atoms with Gasteiger partial charge in [-0.25, -0.2) is 0 Å². The number of hydrogen-bond donors (Lipinski definition) is 1. The first kappa shape index (κ1) is 8.60. The van der Waals surface area contributed by atoms with Gasteiger partial charge in [0.25, 0.3) is 0 Å². The molecular formula is C9H18N2. The lowest BCUT2D eigenvalue weighted by Gasteiger charge is -2.32. The molecule has 1 aliphatic heterocycles. The van der Waals surface area contributed by atoms with Crippen molar-refractivity contribution in [3.8, 4) is 0 Å². The summed E-state index contributed by atoms with van der Waals surface area (Å²) in [6.45, 7) is 4.14. The molecule has 1 unspecified atom stereocenters. The summed E-state index contributed by atoms with van der Waals surface area (Å²) < 4.78 is 0. The maximum Gasteiger partial charge on any atom is 0.0256 e. The third kappa shape index (κ3) is 2.54. The van der Waals surface area contributed by atoms with Crippen molar-refractivity contribution < 1.29 is 0 Å². The second-order valence-corrected chi connectivity index (χ2v) is 3.20. The van der Waals surface area contributed by atoms with Crippen LogP contribution in [0.1, 0.15) is 26.2 Å². The van der Waals surface area contributed by atoms with Crippen LogP contribution in [0.25, 0.3) is 0 Å². The van der Waals surface area contributed by atoms with Crippen molar-refractivity contribution in [2.45, 2.75) is 32.2 Å². The summed E-state index contributed by atoms with van der Waals surface area (Å²) in [5.41, 5.74) is 5.38. The molecule has 1 fully saturated rings. The van der Waals surface area contributed by atoms with Gasteiger partial charge in [0, 0.05) is 19.1 Å². The standard InChI is InChI=1S/C9H18N2/c1-9-5-2-3-7-11(9)8-4-6-10/h4,8-9H,2-3,5-7,10H2,1H3/b8-4-. The summed E-state index contributed by atoms with van der Waals surface area (Å²) in [4.78, 5) is 2.39. The van der Waals surface area contributed by atoms with E-state index in [4.69, 9.17) is 5.73 Å². The molecule has 1 rings (SSSR count). The maximum absolute atomic E-state index is 5.38. The van der Waals surface area contributed by atoms with Crippen LogP contribution in [0.4, 0.5) is 0 Å². The lowest BCUT2D eigenvalue weighted by Crippen LogP contribution is -2.32. The lowest BCUT2D eigenvalue weighted by atomic mass is 10.0. The van der Waals surface area contributed by atoms with Gasteiger partial charge in [-0.1, -0.05) is 6.08 Å². The van der Waals surface area contributed by atoms with Gasteiger partial charge in [-0.2, -0.15) is 0 Å². The largest absolute Gasteiger partial charge is 0.375 e. The zero-order valence-electron chi connectivity index (χ0n) is 7.29. The highest BCUT2D eigenvalue weighted by Gasteiger charge is 2.13.